The molecule has 0 aromatic heterocycles. The number of aliphatic hydroxyl groups excluding tert-OH is 2. The number of allylic oxidation sites excluding steroid dienone is 4. The van der Waals surface area contributed by atoms with Gasteiger partial charge in [-0.25, -0.2) is 4.79 Å². The highest BCUT2D eigenvalue weighted by Crippen LogP contribution is 2.39. The fraction of sp³-hybridized carbons (Fsp3) is 0.787. The molecule has 3 fully saturated rings. The second-order valence-corrected chi connectivity index (χ2v) is 17.9. The van der Waals surface area contributed by atoms with Crippen LogP contribution in [0, 0.1) is 29.6 Å². The number of esters is 1. The van der Waals surface area contributed by atoms with Crippen LogP contribution in [0.25, 0.3) is 0 Å². The van der Waals surface area contributed by atoms with Gasteiger partial charge in [-0.2, -0.15) is 5.10 Å². The third kappa shape index (κ3) is 13.0. The van der Waals surface area contributed by atoms with Gasteiger partial charge in [-0.3, -0.25) is 9.59 Å². The molecule has 1 amide bonds. The Bertz CT molecular complexity index is 1550. The lowest BCUT2D eigenvalue weighted by Crippen LogP contribution is -2.64. The minimum atomic E-state index is -2.49. The number of rotatable bonds is 9. The maximum atomic E-state index is 14.5. The van der Waals surface area contributed by atoms with Gasteiger partial charge in [-0.05, 0) is 102 Å². The minimum absolute atomic E-state index is 0. The van der Waals surface area contributed by atoms with Gasteiger partial charge in [0.05, 0.1) is 30.5 Å². The summed E-state index contributed by atoms with van der Waals surface area (Å²) in [5.74, 6) is -6.91. The number of aliphatic hydroxyl groups is 3. The summed E-state index contributed by atoms with van der Waals surface area (Å²) in [4.78, 5) is 44.3. The second kappa shape index (κ2) is 24.2. The van der Waals surface area contributed by atoms with Gasteiger partial charge in [0.1, 0.15) is 18.2 Å². The first-order chi connectivity index (χ1) is 28.5. The summed E-state index contributed by atoms with van der Waals surface area (Å²) in [7, 11) is 4.69. The van der Waals surface area contributed by atoms with E-state index in [-0.39, 0.29) is 57.1 Å². The number of ether oxygens (including phenoxy) is 5. The Morgan fingerprint density at radius 1 is 0.984 bits per heavy atom. The first-order valence-electron chi connectivity index (χ1n) is 22.2. The molecule has 348 valence electrons. The van der Waals surface area contributed by atoms with Crippen LogP contribution < -0.4 is 5.43 Å². The molecule has 2 saturated heterocycles. The smallest absolute Gasteiger partial charge is 0.329 e. The molecule has 0 spiro atoms. The molecule has 4 rings (SSSR count). The van der Waals surface area contributed by atoms with Gasteiger partial charge in [0.2, 0.25) is 5.79 Å². The first kappa shape index (κ1) is 52.4. The second-order valence-electron chi connectivity index (χ2n) is 17.9. The maximum Gasteiger partial charge on any atom is 0.329 e. The highest BCUT2D eigenvalue weighted by molar-refractivity contribution is 6.39. The van der Waals surface area contributed by atoms with Gasteiger partial charge in [0.15, 0.2) is 0 Å². The molecular weight excluding hydrogens is 783 g/mol. The van der Waals surface area contributed by atoms with Crippen LogP contribution in [0.3, 0.4) is 0 Å². The maximum absolute atomic E-state index is 14.5. The van der Waals surface area contributed by atoms with Crippen LogP contribution >= 0.6 is 0 Å². The number of Topliss-reactive ketones (excluding diaryl/α,β-unsaturated/α-hetero) is 1. The van der Waals surface area contributed by atoms with Crippen LogP contribution in [0.1, 0.15) is 120 Å². The molecule has 61 heavy (non-hydrogen) atoms. The van der Waals surface area contributed by atoms with Crippen molar-refractivity contribution in [1.29, 1.82) is 0 Å². The van der Waals surface area contributed by atoms with Crippen LogP contribution in [-0.2, 0) is 38.1 Å². The predicted molar refractivity (Wildman–Crippen MR) is 235 cm³/mol. The Balaban J connectivity index is 0.00000992. The first-order valence-corrected chi connectivity index (χ1v) is 22.2. The lowest BCUT2D eigenvalue weighted by molar-refractivity contribution is -0.302. The predicted octanol–water partition coefficient (Wildman–Crippen LogP) is 5.67. The number of nitrogens with one attached hydrogen (secondary N) is 1. The number of hydrogen-bond acceptors (Lipinski definition) is 13. The molecule has 3 heterocycles. The highest BCUT2D eigenvalue weighted by atomic mass is 16.7. The number of fused-ring (bicyclic) bond motifs is 3. The van der Waals surface area contributed by atoms with Crippen molar-refractivity contribution in [3.8, 4) is 0 Å². The summed E-state index contributed by atoms with van der Waals surface area (Å²) in [6.07, 6.45) is 6.64. The van der Waals surface area contributed by atoms with E-state index in [9.17, 15) is 29.7 Å². The molecule has 1 saturated carbocycles. The number of amides is 1. The summed E-state index contributed by atoms with van der Waals surface area (Å²) in [6, 6.07) is -1.11. The van der Waals surface area contributed by atoms with E-state index in [2.05, 4.69) is 31.9 Å². The molecule has 0 unspecified atom stereocenters. The zero-order valence-electron chi connectivity index (χ0n) is 37.6. The van der Waals surface area contributed by atoms with Gasteiger partial charge >= 0.3 is 5.97 Å². The Labute approximate surface area is 365 Å². The zero-order valence-corrected chi connectivity index (χ0v) is 37.6. The number of hydrogen-bond donors (Lipinski definition) is 4. The van der Waals surface area contributed by atoms with Gasteiger partial charge in [0.25, 0.3) is 11.7 Å². The van der Waals surface area contributed by atoms with Crippen molar-refractivity contribution in [2.75, 3.05) is 34.4 Å². The monoisotopic (exact) mass is 862 g/mol. The van der Waals surface area contributed by atoms with Crippen molar-refractivity contribution in [2.45, 2.75) is 174 Å². The van der Waals surface area contributed by atoms with Crippen molar-refractivity contribution < 1.29 is 53.4 Å². The molecule has 14 nitrogen and oxygen atoms in total. The molecule has 3 aliphatic heterocycles. The fourth-order valence-electron chi connectivity index (χ4n) is 9.75. The van der Waals surface area contributed by atoms with Crippen LogP contribution in [0.15, 0.2) is 41.1 Å². The van der Waals surface area contributed by atoms with E-state index in [0.717, 1.165) is 16.9 Å². The minimum Gasteiger partial charge on any atom is -0.456 e. The van der Waals surface area contributed by atoms with Crippen molar-refractivity contribution in [2.24, 2.45) is 34.7 Å². The van der Waals surface area contributed by atoms with Crippen molar-refractivity contribution in [1.82, 2.24) is 10.3 Å². The van der Waals surface area contributed by atoms with Crippen molar-refractivity contribution in [3.63, 3.8) is 0 Å². The number of ketones is 1. The van der Waals surface area contributed by atoms with Gasteiger partial charge in [0, 0.05) is 64.3 Å². The zero-order chi connectivity index (χ0) is 44.3. The molecule has 0 radical (unpaired) electrons. The van der Waals surface area contributed by atoms with E-state index in [1.165, 1.54) is 4.90 Å². The van der Waals surface area contributed by atoms with E-state index < -0.39 is 77.9 Å². The van der Waals surface area contributed by atoms with Gasteiger partial charge in [-0.15, -0.1) is 6.58 Å². The molecular formula is C47H79N3O11. The van der Waals surface area contributed by atoms with Gasteiger partial charge in [-0.1, -0.05) is 52.0 Å². The largest absolute Gasteiger partial charge is 0.456 e. The Kier molecular flexibility index (Phi) is 20.8. The number of hydrazone groups is 1. The number of nitrogens with zero attached hydrogens (tertiary/aromatic N) is 2. The summed E-state index contributed by atoms with van der Waals surface area (Å²) in [6.45, 7) is 16.2. The summed E-state index contributed by atoms with van der Waals surface area (Å²) < 4.78 is 30.1. The molecule has 14 atom stereocenters. The Hall–Kier alpha value is -2.98. The number of carbonyl (C=O) groups is 3. The number of methoxy groups -OCH3 is 3. The SMILES string of the molecule is C.C=CC[C@@H]1/C=C(\C)C[C@H](C)C[C@H](OC)[C@H]2O[C@@](O)(C(=O)C(=O)N3CCCC[C@H]3C(=O)O[C@H](/C(C)=C/[C@@H]3CC[C@@H](O)[C@H](OC)C3)[C@H](C)[C@@H](O)C/C1=N/NCC)[C@H](C)C[C@@H]2OC. The highest BCUT2D eigenvalue weighted by Gasteiger charge is 2.56. The average molecular weight is 862 g/mol. The molecule has 1 aliphatic carbocycles. The average Bonchev–Trinajstić information content (AvgIpc) is 3.23. The van der Waals surface area contributed by atoms with E-state index >= 15 is 0 Å². The van der Waals surface area contributed by atoms with E-state index in [4.69, 9.17) is 28.8 Å². The summed E-state index contributed by atoms with van der Waals surface area (Å²) in [5, 5.41) is 39.5. The van der Waals surface area contributed by atoms with Crippen LogP contribution in [-0.4, -0.2) is 133 Å². The molecule has 4 aliphatic rings. The standard InChI is InChI=1S/C46H75N3O11.CH4/c1-11-15-33-21-27(3)20-28(4)22-39(57-9)42-40(58-10)24-30(6)46(55,60-42)43(52)44(53)49-19-14-13-16-35(49)45(54)59-41(31(7)37(51)26-34(33)48-47-12-2)29(5)23-32-17-18-36(50)38(25-32)56-8;/h11,21,23,28,30-33,35-42,47,50-51,55H,1,12-20,22,24-26H2,2-10H3;1H4/b27-21+,29-23+,48-34-;/t28-,30+,31+,32-,33+,35-,36+,37-,38+,39-,40-,41+,42+,46+;/m0./s1. The van der Waals surface area contributed by atoms with Crippen LogP contribution in [0.4, 0.5) is 0 Å². The number of piperidine rings is 1. The van der Waals surface area contributed by atoms with E-state index in [1.54, 1.807) is 28.3 Å². The third-order valence-corrected chi connectivity index (χ3v) is 13.3. The molecule has 0 aromatic carbocycles. The third-order valence-electron chi connectivity index (χ3n) is 13.3. The number of carbonyl (C=O) groups excluding carboxylic acids is 3. The normalized spacial score (nSPS) is 39.5. The topological polar surface area (TPSA) is 186 Å². The van der Waals surface area contributed by atoms with E-state index in [1.807, 2.05) is 32.9 Å². The van der Waals surface area contributed by atoms with Crippen molar-refractivity contribution in [3.05, 3.63) is 36.0 Å². The summed E-state index contributed by atoms with van der Waals surface area (Å²) in [5.41, 5.74) is 5.65. The lowest BCUT2D eigenvalue weighted by atomic mass is 9.81. The fourth-order valence-corrected chi connectivity index (χ4v) is 9.75. The molecule has 14 heteroatoms. The number of cyclic esters (lactones) is 1. The van der Waals surface area contributed by atoms with E-state index in [0.29, 0.717) is 57.9 Å². The molecule has 4 N–H and O–H groups in total. The van der Waals surface area contributed by atoms with Crippen molar-refractivity contribution >= 4 is 23.4 Å². The Morgan fingerprint density at radius 3 is 2.30 bits per heavy atom. The van der Waals surface area contributed by atoms with Crippen LogP contribution in [0.5, 0.6) is 0 Å². The molecule has 0 aromatic rings. The quantitative estimate of drug-likeness (QED) is 0.0966. The summed E-state index contributed by atoms with van der Waals surface area (Å²) >= 11 is 0. The van der Waals surface area contributed by atoms with Gasteiger partial charge < -0.3 is 49.3 Å². The lowest BCUT2D eigenvalue weighted by Gasteiger charge is -2.47. The molecule has 2 bridgehead atoms. The van der Waals surface area contributed by atoms with Crippen LogP contribution in [0.2, 0.25) is 0 Å². The Morgan fingerprint density at radius 2 is 1.66 bits per heavy atom.